The predicted octanol–water partition coefficient (Wildman–Crippen LogP) is 1.98. The standard InChI is InChI=1S/C18H20N2O4/c1-2-24-17(22)9-8-16(21)19-11-6-7-13-12-4-3-5-14(12)18(23)20-15(13)10-11/h6-7,10,13H,2-5,8-9H2,1H3,(H,20,23). The summed E-state index contributed by atoms with van der Waals surface area (Å²) in [7, 11) is 0. The van der Waals surface area contributed by atoms with E-state index in [1.807, 2.05) is 6.08 Å². The zero-order chi connectivity index (χ0) is 17.1. The third-order valence-electron chi connectivity index (χ3n) is 4.37. The van der Waals surface area contributed by atoms with Crippen molar-refractivity contribution >= 4 is 23.5 Å². The Bertz CT molecular complexity index is 713. The van der Waals surface area contributed by atoms with Gasteiger partial charge in [-0.2, -0.15) is 0 Å². The lowest BCUT2D eigenvalue weighted by Crippen LogP contribution is -2.35. The number of carbonyl (C=O) groups excluding carboxylic acids is 3. The van der Waals surface area contributed by atoms with E-state index in [1.165, 1.54) is 5.57 Å². The van der Waals surface area contributed by atoms with Crippen molar-refractivity contribution in [3.63, 3.8) is 0 Å². The lowest BCUT2D eigenvalue weighted by atomic mass is 9.85. The molecule has 24 heavy (non-hydrogen) atoms. The number of fused-ring (bicyclic) bond motifs is 2. The molecule has 0 saturated carbocycles. The van der Waals surface area contributed by atoms with Gasteiger partial charge in [0.2, 0.25) is 5.91 Å². The molecule has 1 atom stereocenters. The summed E-state index contributed by atoms with van der Waals surface area (Å²) in [5.41, 5.74) is 3.37. The minimum absolute atomic E-state index is 0.0183. The van der Waals surface area contributed by atoms with Crippen molar-refractivity contribution in [1.82, 2.24) is 5.32 Å². The number of esters is 1. The van der Waals surface area contributed by atoms with Gasteiger partial charge in [-0.3, -0.25) is 14.4 Å². The van der Waals surface area contributed by atoms with Crippen LogP contribution in [0.5, 0.6) is 0 Å². The minimum Gasteiger partial charge on any atom is -0.466 e. The summed E-state index contributed by atoms with van der Waals surface area (Å²) in [6.07, 6.45) is 8.37. The molecule has 126 valence electrons. The first kappa shape index (κ1) is 16.4. The van der Waals surface area contributed by atoms with Gasteiger partial charge in [0.1, 0.15) is 0 Å². The average molecular weight is 328 g/mol. The Morgan fingerprint density at radius 1 is 1.33 bits per heavy atom. The second-order valence-corrected chi connectivity index (χ2v) is 5.98. The smallest absolute Gasteiger partial charge is 0.306 e. The summed E-state index contributed by atoms with van der Waals surface area (Å²) in [5.74, 6) is -0.716. The molecular formula is C18H20N2O4. The van der Waals surface area contributed by atoms with E-state index >= 15 is 0 Å². The average Bonchev–Trinajstić information content (AvgIpc) is 3.04. The van der Waals surface area contributed by atoms with Crippen molar-refractivity contribution in [1.29, 1.82) is 0 Å². The molecule has 2 amide bonds. The van der Waals surface area contributed by atoms with Crippen LogP contribution in [0.15, 0.2) is 40.1 Å². The normalized spacial score (nSPS) is 23.5. The molecule has 1 unspecified atom stereocenters. The number of aliphatic imine (C=N–C) groups is 1. The number of rotatable bonds is 4. The maximum atomic E-state index is 12.1. The zero-order valence-electron chi connectivity index (χ0n) is 13.6. The summed E-state index contributed by atoms with van der Waals surface area (Å²) in [6.45, 7) is 2.02. The van der Waals surface area contributed by atoms with Gasteiger partial charge in [0.15, 0.2) is 0 Å². The first-order valence-electron chi connectivity index (χ1n) is 8.28. The Morgan fingerprint density at radius 2 is 2.17 bits per heavy atom. The predicted molar refractivity (Wildman–Crippen MR) is 88.0 cm³/mol. The van der Waals surface area contributed by atoms with Crippen molar-refractivity contribution in [2.24, 2.45) is 10.9 Å². The third-order valence-corrected chi connectivity index (χ3v) is 4.37. The van der Waals surface area contributed by atoms with E-state index in [0.717, 1.165) is 30.5 Å². The zero-order valence-corrected chi connectivity index (χ0v) is 13.6. The van der Waals surface area contributed by atoms with Crippen LogP contribution in [0.25, 0.3) is 0 Å². The summed E-state index contributed by atoms with van der Waals surface area (Å²) in [6, 6.07) is 0. The highest BCUT2D eigenvalue weighted by Crippen LogP contribution is 2.39. The van der Waals surface area contributed by atoms with Crippen LogP contribution >= 0.6 is 0 Å². The van der Waals surface area contributed by atoms with Crippen molar-refractivity contribution in [3.8, 4) is 0 Å². The van der Waals surface area contributed by atoms with E-state index in [2.05, 4.69) is 10.3 Å². The molecule has 0 aromatic heterocycles. The van der Waals surface area contributed by atoms with Gasteiger partial charge in [-0.15, -0.1) is 0 Å². The number of nitrogens with zero attached hydrogens (tertiary/aromatic N) is 1. The van der Waals surface area contributed by atoms with E-state index in [1.54, 1.807) is 19.1 Å². The van der Waals surface area contributed by atoms with Gasteiger partial charge in [0.05, 0.1) is 18.7 Å². The van der Waals surface area contributed by atoms with Crippen LogP contribution in [0.4, 0.5) is 0 Å². The summed E-state index contributed by atoms with van der Waals surface area (Å²) in [5, 5.41) is 2.91. The Labute approximate surface area is 140 Å². The van der Waals surface area contributed by atoms with E-state index in [9.17, 15) is 14.4 Å². The minimum atomic E-state index is -0.399. The quantitative estimate of drug-likeness (QED) is 0.800. The van der Waals surface area contributed by atoms with E-state index in [4.69, 9.17) is 4.74 Å². The van der Waals surface area contributed by atoms with Gasteiger partial charge in [-0.25, -0.2) is 4.99 Å². The molecule has 3 rings (SSSR count). The van der Waals surface area contributed by atoms with Crippen LogP contribution in [0, 0.1) is 5.92 Å². The molecule has 2 aliphatic carbocycles. The second-order valence-electron chi connectivity index (χ2n) is 5.98. The van der Waals surface area contributed by atoms with Crippen LogP contribution in [-0.2, 0) is 19.1 Å². The van der Waals surface area contributed by atoms with Crippen molar-refractivity contribution in [2.45, 2.75) is 39.0 Å². The fourth-order valence-electron chi connectivity index (χ4n) is 3.30. The molecule has 1 aliphatic heterocycles. The molecular weight excluding hydrogens is 308 g/mol. The Kier molecular flexibility index (Phi) is 4.74. The lowest BCUT2D eigenvalue weighted by molar-refractivity contribution is -0.144. The van der Waals surface area contributed by atoms with Gasteiger partial charge >= 0.3 is 5.97 Å². The molecule has 3 aliphatic rings. The molecule has 0 aromatic carbocycles. The van der Waals surface area contributed by atoms with Crippen LogP contribution in [0.1, 0.15) is 39.0 Å². The molecule has 1 heterocycles. The summed E-state index contributed by atoms with van der Waals surface area (Å²) < 4.78 is 4.79. The Morgan fingerprint density at radius 3 is 2.96 bits per heavy atom. The summed E-state index contributed by atoms with van der Waals surface area (Å²) >= 11 is 0. The van der Waals surface area contributed by atoms with Crippen LogP contribution in [-0.4, -0.2) is 30.1 Å². The number of carbonyl (C=O) groups is 3. The maximum Gasteiger partial charge on any atom is 0.306 e. The number of amides is 2. The van der Waals surface area contributed by atoms with Crippen LogP contribution < -0.4 is 5.32 Å². The van der Waals surface area contributed by atoms with Crippen LogP contribution in [0.2, 0.25) is 0 Å². The molecule has 6 heteroatoms. The molecule has 0 spiro atoms. The van der Waals surface area contributed by atoms with E-state index < -0.39 is 5.97 Å². The van der Waals surface area contributed by atoms with Crippen molar-refractivity contribution in [3.05, 3.63) is 35.1 Å². The highest BCUT2D eigenvalue weighted by atomic mass is 16.5. The van der Waals surface area contributed by atoms with Gasteiger partial charge in [0, 0.05) is 23.6 Å². The lowest BCUT2D eigenvalue weighted by Gasteiger charge is -2.28. The first-order valence-corrected chi connectivity index (χ1v) is 8.28. The second kappa shape index (κ2) is 6.95. The topological polar surface area (TPSA) is 84.8 Å². The highest BCUT2D eigenvalue weighted by Gasteiger charge is 2.34. The fraction of sp³-hybridized carbons (Fsp3) is 0.444. The molecule has 0 radical (unpaired) electrons. The number of nitrogens with one attached hydrogen (secondary N) is 1. The van der Waals surface area contributed by atoms with Crippen molar-refractivity contribution < 1.29 is 19.1 Å². The Hall–Kier alpha value is -2.50. The van der Waals surface area contributed by atoms with Gasteiger partial charge in [-0.1, -0.05) is 6.08 Å². The molecule has 0 aromatic rings. The van der Waals surface area contributed by atoms with Crippen molar-refractivity contribution in [2.75, 3.05) is 6.61 Å². The van der Waals surface area contributed by atoms with Gasteiger partial charge in [-0.05, 0) is 43.9 Å². The van der Waals surface area contributed by atoms with Crippen LogP contribution in [0.3, 0.4) is 0 Å². The maximum absolute atomic E-state index is 12.1. The molecule has 0 bridgehead atoms. The SMILES string of the molecule is CCOC(=O)CCC(=O)N=C1C=CC2C(=C1)NC(=O)C1=C2CCC1. The number of hydrogen-bond acceptors (Lipinski definition) is 4. The molecule has 6 nitrogen and oxygen atoms in total. The molecule has 0 saturated heterocycles. The fourth-order valence-corrected chi connectivity index (χ4v) is 3.30. The number of ether oxygens (including phenoxy) is 1. The number of hydrogen-bond donors (Lipinski definition) is 1. The van der Waals surface area contributed by atoms with Gasteiger partial charge < -0.3 is 10.1 Å². The highest BCUT2D eigenvalue weighted by molar-refractivity contribution is 6.11. The van der Waals surface area contributed by atoms with E-state index in [-0.39, 0.29) is 30.6 Å². The van der Waals surface area contributed by atoms with E-state index in [0.29, 0.717) is 12.3 Å². The third kappa shape index (κ3) is 3.37. The molecule has 0 fully saturated rings. The monoisotopic (exact) mass is 328 g/mol. The largest absolute Gasteiger partial charge is 0.466 e. The first-order chi connectivity index (χ1) is 11.6. The summed E-state index contributed by atoms with van der Waals surface area (Å²) in [4.78, 5) is 39.3. The molecule has 1 N–H and O–H groups in total. The number of allylic oxidation sites excluding steroid dienone is 3. The Balaban J connectivity index is 1.68. The van der Waals surface area contributed by atoms with Gasteiger partial charge in [0.25, 0.3) is 5.91 Å².